The molecule has 28 heavy (non-hydrogen) atoms. The average molecular weight is 374 g/mol. The highest BCUT2D eigenvalue weighted by molar-refractivity contribution is 6.05. The molecule has 2 amide bonds. The zero-order valence-electron chi connectivity index (χ0n) is 15.5. The van der Waals surface area contributed by atoms with Crippen LogP contribution in [0.1, 0.15) is 28.8 Å². The minimum Gasteiger partial charge on any atom is -0.347 e. The van der Waals surface area contributed by atoms with E-state index in [1.165, 1.54) is 0 Å². The summed E-state index contributed by atoms with van der Waals surface area (Å²) in [7, 11) is 0. The zero-order valence-corrected chi connectivity index (χ0v) is 15.5. The summed E-state index contributed by atoms with van der Waals surface area (Å²) in [6.45, 7) is 1.23. The van der Waals surface area contributed by atoms with Gasteiger partial charge in [-0.2, -0.15) is 0 Å². The van der Waals surface area contributed by atoms with Crippen molar-refractivity contribution in [3.8, 4) is 0 Å². The number of pyridine rings is 2. The van der Waals surface area contributed by atoms with Gasteiger partial charge in [0.1, 0.15) is 0 Å². The molecule has 3 aromatic rings. The van der Waals surface area contributed by atoms with Gasteiger partial charge in [0, 0.05) is 49.5 Å². The van der Waals surface area contributed by atoms with Gasteiger partial charge in [-0.1, -0.05) is 30.3 Å². The van der Waals surface area contributed by atoms with Gasteiger partial charge in [0.25, 0.3) is 5.91 Å². The first-order chi connectivity index (χ1) is 13.7. The van der Waals surface area contributed by atoms with Crippen LogP contribution in [0.3, 0.4) is 0 Å². The molecular weight excluding hydrogens is 352 g/mol. The quantitative estimate of drug-likeness (QED) is 0.745. The Labute approximate surface area is 163 Å². The molecule has 142 valence electrons. The summed E-state index contributed by atoms with van der Waals surface area (Å²) >= 11 is 0. The van der Waals surface area contributed by atoms with E-state index >= 15 is 0 Å². The van der Waals surface area contributed by atoms with Crippen LogP contribution in [0.25, 0.3) is 10.9 Å². The molecule has 1 aliphatic rings. The summed E-state index contributed by atoms with van der Waals surface area (Å²) in [5.74, 6) is -0.0110. The molecule has 0 spiro atoms. The summed E-state index contributed by atoms with van der Waals surface area (Å²) in [5, 5.41) is 3.79. The van der Waals surface area contributed by atoms with E-state index in [1.807, 2.05) is 35.2 Å². The molecular formula is C22H22N4O2. The Hall–Kier alpha value is -3.28. The largest absolute Gasteiger partial charge is 0.347 e. The minimum absolute atomic E-state index is 0.0342. The molecule has 1 saturated heterocycles. The second kappa shape index (κ2) is 8.17. The van der Waals surface area contributed by atoms with E-state index in [9.17, 15) is 9.59 Å². The number of hydrogen-bond acceptors (Lipinski definition) is 4. The molecule has 3 heterocycles. The van der Waals surface area contributed by atoms with Gasteiger partial charge in [-0.15, -0.1) is 0 Å². The molecule has 6 nitrogen and oxygen atoms in total. The number of likely N-dealkylation sites (tertiary alicyclic amines) is 1. The smallest absolute Gasteiger partial charge is 0.252 e. The van der Waals surface area contributed by atoms with Crippen LogP contribution >= 0.6 is 0 Å². The van der Waals surface area contributed by atoms with Gasteiger partial charge >= 0.3 is 0 Å². The van der Waals surface area contributed by atoms with Crippen molar-refractivity contribution in [1.29, 1.82) is 0 Å². The van der Waals surface area contributed by atoms with E-state index in [-0.39, 0.29) is 17.9 Å². The number of rotatable bonds is 5. The number of nitrogens with zero attached hydrogens (tertiary/aromatic N) is 3. The van der Waals surface area contributed by atoms with Gasteiger partial charge in [0.05, 0.1) is 11.1 Å². The van der Waals surface area contributed by atoms with E-state index in [4.69, 9.17) is 0 Å². The normalized spacial score (nSPS) is 16.3. The van der Waals surface area contributed by atoms with Crippen LogP contribution in [-0.2, 0) is 11.2 Å². The van der Waals surface area contributed by atoms with Gasteiger partial charge in [-0.3, -0.25) is 19.6 Å². The molecule has 2 aromatic heterocycles. The third-order valence-corrected chi connectivity index (χ3v) is 5.13. The van der Waals surface area contributed by atoms with Gasteiger partial charge < -0.3 is 10.2 Å². The molecule has 0 bridgehead atoms. The molecule has 1 aliphatic heterocycles. The highest BCUT2D eigenvalue weighted by atomic mass is 16.2. The van der Waals surface area contributed by atoms with E-state index < -0.39 is 0 Å². The van der Waals surface area contributed by atoms with Crippen LogP contribution in [0.5, 0.6) is 0 Å². The van der Waals surface area contributed by atoms with E-state index in [0.717, 1.165) is 29.3 Å². The zero-order chi connectivity index (χ0) is 19.3. The SMILES string of the molecule is O=C(NC1CCN(C(=O)CCc2ccccc2)C1)c1ccnc2ccncc12. The summed E-state index contributed by atoms with van der Waals surface area (Å²) in [6.07, 6.45) is 6.95. The second-order valence-electron chi connectivity index (χ2n) is 7.04. The summed E-state index contributed by atoms with van der Waals surface area (Å²) < 4.78 is 0. The number of aromatic nitrogens is 2. The van der Waals surface area contributed by atoms with Crippen LogP contribution in [0, 0.1) is 0 Å². The molecule has 1 unspecified atom stereocenters. The van der Waals surface area contributed by atoms with Crippen LogP contribution in [0.2, 0.25) is 0 Å². The fourth-order valence-electron chi connectivity index (χ4n) is 3.61. The number of amides is 2. The molecule has 6 heteroatoms. The summed E-state index contributed by atoms with van der Waals surface area (Å²) in [6, 6.07) is 13.5. The summed E-state index contributed by atoms with van der Waals surface area (Å²) in [4.78, 5) is 35.4. The summed E-state index contributed by atoms with van der Waals surface area (Å²) in [5.41, 5.74) is 2.47. The number of hydrogen-bond donors (Lipinski definition) is 1. The number of fused-ring (bicyclic) bond motifs is 1. The van der Waals surface area contributed by atoms with Crippen molar-refractivity contribution in [2.45, 2.75) is 25.3 Å². The molecule has 0 aliphatic carbocycles. The molecule has 0 radical (unpaired) electrons. The fourth-order valence-corrected chi connectivity index (χ4v) is 3.61. The molecule has 1 fully saturated rings. The Morgan fingerprint density at radius 3 is 2.82 bits per heavy atom. The maximum atomic E-state index is 12.7. The Bertz CT molecular complexity index is 985. The van der Waals surface area contributed by atoms with Crippen molar-refractivity contribution in [1.82, 2.24) is 20.2 Å². The lowest BCUT2D eigenvalue weighted by atomic mass is 10.1. The molecule has 0 saturated carbocycles. The average Bonchev–Trinajstić information content (AvgIpc) is 3.21. The predicted octanol–water partition coefficient (Wildman–Crippen LogP) is 2.59. The molecule has 1 atom stereocenters. The number of carbonyl (C=O) groups is 2. The maximum Gasteiger partial charge on any atom is 0.252 e. The molecule has 1 aromatic carbocycles. The van der Waals surface area contributed by atoms with Gasteiger partial charge in [-0.05, 0) is 30.5 Å². The van der Waals surface area contributed by atoms with Crippen LogP contribution in [0.4, 0.5) is 0 Å². The highest BCUT2D eigenvalue weighted by Crippen LogP contribution is 2.17. The van der Waals surface area contributed by atoms with Gasteiger partial charge in [0.15, 0.2) is 0 Å². The Morgan fingerprint density at radius 1 is 1.11 bits per heavy atom. The first kappa shape index (κ1) is 18.1. The Morgan fingerprint density at radius 2 is 1.96 bits per heavy atom. The van der Waals surface area contributed by atoms with Gasteiger partial charge in [-0.25, -0.2) is 0 Å². The van der Waals surface area contributed by atoms with Crippen LogP contribution in [0.15, 0.2) is 61.1 Å². The van der Waals surface area contributed by atoms with Crippen LogP contribution in [-0.4, -0.2) is 45.8 Å². The van der Waals surface area contributed by atoms with Crippen molar-refractivity contribution in [2.24, 2.45) is 0 Å². The maximum absolute atomic E-state index is 12.7. The lowest BCUT2D eigenvalue weighted by molar-refractivity contribution is -0.130. The number of carbonyl (C=O) groups excluding carboxylic acids is 2. The fraction of sp³-hybridized carbons (Fsp3) is 0.273. The van der Waals surface area contributed by atoms with Crippen molar-refractivity contribution in [2.75, 3.05) is 13.1 Å². The topological polar surface area (TPSA) is 75.2 Å². The minimum atomic E-state index is -0.149. The second-order valence-corrected chi connectivity index (χ2v) is 7.04. The first-order valence-corrected chi connectivity index (χ1v) is 9.52. The van der Waals surface area contributed by atoms with Gasteiger partial charge in [0.2, 0.25) is 5.91 Å². The van der Waals surface area contributed by atoms with Crippen molar-refractivity contribution < 1.29 is 9.59 Å². The highest BCUT2D eigenvalue weighted by Gasteiger charge is 2.27. The third-order valence-electron chi connectivity index (χ3n) is 5.13. The Kier molecular flexibility index (Phi) is 5.28. The van der Waals surface area contributed by atoms with E-state index in [0.29, 0.717) is 25.1 Å². The standard InChI is InChI=1S/C22H22N4O2/c27-21(7-6-16-4-2-1-3-5-16)26-13-10-17(15-26)25-22(28)18-8-12-24-20-9-11-23-14-19(18)20/h1-5,8-9,11-12,14,17H,6-7,10,13,15H2,(H,25,28). The number of aryl methyl sites for hydroxylation is 1. The lowest BCUT2D eigenvalue weighted by Crippen LogP contribution is -2.38. The Balaban J connectivity index is 1.34. The number of benzene rings is 1. The van der Waals surface area contributed by atoms with Crippen molar-refractivity contribution in [3.63, 3.8) is 0 Å². The first-order valence-electron chi connectivity index (χ1n) is 9.52. The van der Waals surface area contributed by atoms with Crippen LogP contribution < -0.4 is 5.32 Å². The molecule has 1 N–H and O–H groups in total. The monoisotopic (exact) mass is 374 g/mol. The predicted molar refractivity (Wildman–Crippen MR) is 107 cm³/mol. The van der Waals surface area contributed by atoms with Crippen molar-refractivity contribution in [3.05, 3.63) is 72.2 Å². The van der Waals surface area contributed by atoms with E-state index in [2.05, 4.69) is 15.3 Å². The van der Waals surface area contributed by atoms with E-state index in [1.54, 1.807) is 30.7 Å². The lowest BCUT2D eigenvalue weighted by Gasteiger charge is -2.17. The third kappa shape index (κ3) is 4.01. The van der Waals surface area contributed by atoms with Crippen molar-refractivity contribution >= 4 is 22.7 Å². The number of nitrogens with one attached hydrogen (secondary N) is 1. The molecule has 4 rings (SSSR count).